The van der Waals surface area contributed by atoms with Crippen LogP contribution in [0.25, 0.3) is 0 Å². The Bertz CT molecular complexity index is 669. The van der Waals surface area contributed by atoms with Crippen LogP contribution in [0.1, 0.15) is 20.8 Å². The number of halogens is 4. The second-order valence-corrected chi connectivity index (χ2v) is 7.46. The van der Waals surface area contributed by atoms with Gasteiger partial charge in [0.2, 0.25) is 5.91 Å². The van der Waals surface area contributed by atoms with E-state index >= 15 is 0 Å². The van der Waals surface area contributed by atoms with E-state index in [2.05, 4.69) is 0 Å². The van der Waals surface area contributed by atoms with Gasteiger partial charge in [-0.3, -0.25) is 4.79 Å². The number of nitrogens with one attached hydrogen (secondary N) is 1. The number of hydrogen-bond donors (Lipinski definition) is 1. The number of benzene rings is 1. The molecule has 0 spiro atoms. The lowest BCUT2D eigenvalue weighted by molar-refractivity contribution is -0.117. The Labute approximate surface area is 162 Å². The van der Waals surface area contributed by atoms with Crippen LogP contribution in [0.2, 0.25) is 16.4 Å². The molecule has 0 saturated carbocycles. The molecule has 0 saturated heterocycles. The van der Waals surface area contributed by atoms with Gasteiger partial charge in [0.1, 0.15) is 13.4 Å². The third-order valence-corrected chi connectivity index (χ3v) is 3.84. The van der Waals surface area contributed by atoms with Crippen molar-refractivity contribution in [1.82, 2.24) is 5.32 Å². The van der Waals surface area contributed by atoms with E-state index in [1.54, 1.807) is 28.6 Å². The number of anilines is 1. The fraction of sp³-hybridized carbons (Fsp3) is 0.500. The van der Waals surface area contributed by atoms with E-state index in [1.165, 1.54) is 18.2 Å². The zero-order valence-electron chi connectivity index (χ0n) is 15.0. The summed E-state index contributed by atoms with van der Waals surface area (Å²) in [4.78, 5) is 24.6. The number of carbonyl (C=O) groups excluding carboxylic acids is 2. The smallest absolute Gasteiger partial charge is 0.407 e. The van der Waals surface area contributed by atoms with Gasteiger partial charge in [0.15, 0.2) is 0 Å². The van der Waals surface area contributed by atoms with Crippen molar-refractivity contribution < 1.29 is 23.1 Å². The van der Waals surface area contributed by atoms with Gasteiger partial charge < -0.3 is 15.0 Å². The third kappa shape index (κ3) is 7.37. The lowest BCUT2D eigenvalue weighted by atomic mass is 10.0. The van der Waals surface area contributed by atoms with E-state index in [0.717, 1.165) is 4.90 Å². The topological polar surface area (TPSA) is 58.6 Å². The predicted octanol–water partition coefficient (Wildman–Crippen LogP) is 3.54. The number of amides is 2. The zero-order valence-corrected chi connectivity index (χ0v) is 16.5. The fourth-order valence-corrected chi connectivity index (χ4v) is 2.26. The van der Waals surface area contributed by atoms with E-state index in [4.69, 9.17) is 27.9 Å². The highest BCUT2D eigenvalue weighted by molar-refractivity contribution is 6.42. The summed E-state index contributed by atoms with van der Waals surface area (Å²) in [5.41, 5.74) is -0.605. The second kappa shape index (κ2) is 8.91. The van der Waals surface area contributed by atoms with Gasteiger partial charge in [0, 0.05) is 5.69 Å². The molecular formula is C16H21BCl2F2N2O3. The molecule has 1 aromatic rings. The van der Waals surface area contributed by atoms with Crippen molar-refractivity contribution in [2.75, 3.05) is 18.0 Å². The van der Waals surface area contributed by atoms with Crippen molar-refractivity contribution in [2.24, 2.45) is 0 Å². The maximum Gasteiger partial charge on any atom is 0.407 e. The Hall–Kier alpha value is -1.54. The maximum atomic E-state index is 14.3. The number of alkyl halides is 2. The monoisotopic (exact) mass is 408 g/mol. The van der Waals surface area contributed by atoms with Crippen LogP contribution in [0.15, 0.2) is 18.2 Å². The SMILES string of the molecule is BCC(=O)N(CC(F)(F)CNC(=O)OC(C)(C)C)c1ccc(Cl)c(Cl)c1. The standard InChI is InChI=1S/C16H21BCl2F2N2O3/c1-15(2,3)26-14(25)22-8-16(20,21)9-23(13(24)7-17)10-4-5-11(18)12(19)6-10/h4-6H,7-9,17H2,1-3H3,(H,22,25). The van der Waals surface area contributed by atoms with Gasteiger partial charge in [0.25, 0.3) is 5.92 Å². The minimum atomic E-state index is -3.38. The van der Waals surface area contributed by atoms with E-state index < -0.39 is 36.6 Å². The van der Waals surface area contributed by atoms with E-state index in [0.29, 0.717) is 0 Å². The predicted molar refractivity (Wildman–Crippen MR) is 101 cm³/mol. The first-order chi connectivity index (χ1) is 11.8. The summed E-state index contributed by atoms with van der Waals surface area (Å²) in [6.07, 6.45) is -0.935. The molecule has 0 aliphatic heterocycles. The zero-order chi connectivity index (χ0) is 20.1. The highest BCUT2D eigenvalue weighted by Crippen LogP contribution is 2.29. The lowest BCUT2D eigenvalue weighted by Crippen LogP contribution is -2.48. The average molecular weight is 409 g/mol. The van der Waals surface area contributed by atoms with Crippen molar-refractivity contribution >= 4 is 48.7 Å². The second-order valence-electron chi connectivity index (χ2n) is 6.64. The molecule has 2 amide bonds. The van der Waals surface area contributed by atoms with E-state index in [9.17, 15) is 18.4 Å². The van der Waals surface area contributed by atoms with Crippen LogP contribution in [0, 0.1) is 0 Å². The fourth-order valence-electron chi connectivity index (χ4n) is 1.97. The van der Waals surface area contributed by atoms with E-state index in [1.807, 2.05) is 5.32 Å². The molecule has 0 aromatic heterocycles. The van der Waals surface area contributed by atoms with Gasteiger partial charge in [-0.25, -0.2) is 13.6 Å². The number of nitrogens with zero attached hydrogens (tertiary/aromatic N) is 1. The molecule has 10 heteroatoms. The minimum Gasteiger partial charge on any atom is -0.444 e. The molecule has 0 unspecified atom stereocenters. The Balaban J connectivity index is 2.87. The highest BCUT2D eigenvalue weighted by atomic mass is 35.5. The van der Waals surface area contributed by atoms with Crippen LogP contribution in [-0.2, 0) is 9.53 Å². The van der Waals surface area contributed by atoms with Gasteiger partial charge in [-0.15, -0.1) is 0 Å². The highest BCUT2D eigenvalue weighted by Gasteiger charge is 2.35. The van der Waals surface area contributed by atoms with Gasteiger partial charge in [-0.2, -0.15) is 0 Å². The van der Waals surface area contributed by atoms with Gasteiger partial charge >= 0.3 is 6.09 Å². The molecular weight excluding hydrogens is 388 g/mol. The number of hydrogen-bond acceptors (Lipinski definition) is 3. The molecule has 1 rings (SSSR count). The van der Waals surface area contributed by atoms with Crippen molar-refractivity contribution in [1.29, 1.82) is 0 Å². The molecule has 0 fully saturated rings. The third-order valence-electron chi connectivity index (χ3n) is 3.10. The van der Waals surface area contributed by atoms with Crippen LogP contribution < -0.4 is 10.2 Å². The van der Waals surface area contributed by atoms with Crippen LogP contribution in [0.3, 0.4) is 0 Å². The molecule has 0 aliphatic rings. The number of carbonyl (C=O) groups is 2. The molecule has 26 heavy (non-hydrogen) atoms. The molecule has 144 valence electrons. The number of ether oxygens (including phenoxy) is 1. The minimum absolute atomic E-state index is 0.0236. The summed E-state index contributed by atoms with van der Waals surface area (Å²) in [5, 5.41) is 2.41. The Morgan fingerprint density at radius 1 is 1.23 bits per heavy atom. The molecule has 5 nitrogen and oxygen atoms in total. The van der Waals surface area contributed by atoms with Crippen LogP contribution in [0.5, 0.6) is 0 Å². The first-order valence-electron chi connectivity index (χ1n) is 7.95. The van der Waals surface area contributed by atoms with Gasteiger partial charge in [-0.1, -0.05) is 23.2 Å². The van der Waals surface area contributed by atoms with Crippen LogP contribution in [-0.4, -0.2) is 44.5 Å². The summed E-state index contributed by atoms with van der Waals surface area (Å²) >= 11 is 11.7. The first-order valence-corrected chi connectivity index (χ1v) is 8.70. The quantitative estimate of drug-likeness (QED) is 0.732. The van der Waals surface area contributed by atoms with Crippen molar-refractivity contribution in [3.63, 3.8) is 0 Å². The molecule has 0 heterocycles. The normalized spacial score (nSPS) is 11.8. The summed E-state index contributed by atoms with van der Waals surface area (Å²) in [6, 6.07) is 4.19. The molecule has 1 aromatic carbocycles. The number of alkyl carbamates (subject to hydrolysis) is 1. The van der Waals surface area contributed by atoms with E-state index in [-0.39, 0.29) is 22.1 Å². The van der Waals surface area contributed by atoms with Crippen LogP contribution in [0.4, 0.5) is 19.3 Å². The molecule has 1 N–H and O–H groups in total. The van der Waals surface area contributed by atoms with Crippen molar-refractivity contribution in [2.45, 2.75) is 38.6 Å². The lowest BCUT2D eigenvalue weighted by Gasteiger charge is -2.28. The molecule has 0 bridgehead atoms. The van der Waals surface area contributed by atoms with Gasteiger partial charge in [0.05, 0.1) is 23.1 Å². The van der Waals surface area contributed by atoms with Gasteiger partial charge in [-0.05, 0) is 45.3 Å². The Morgan fingerprint density at radius 3 is 2.35 bits per heavy atom. The van der Waals surface area contributed by atoms with Crippen LogP contribution >= 0.6 is 23.2 Å². The molecule has 0 aliphatic carbocycles. The van der Waals surface area contributed by atoms with Crippen molar-refractivity contribution in [3.05, 3.63) is 28.2 Å². The summed E-state index contributed by atoms with van der Waals surface area (Å²) in [5.74, 6) is -3.89. The average Bonchev–Trinajstić information content (AvgIpc) is 2.51. The summed E-state index contributed by atoms with van der Waals surface area (Å²) < 4.78 is 33.5. The van der Waals surface area contributed by atoms with Crippen molar-refractivity contribution in [3.8, 4) is 0 Å². The summed E-state index contributed by atoms with van der Waals surface area (Å²) in [7, 11) is 1.56. The summed E-state index contributed by atoms with van der Waals surface area (Å²) in [6.45, 7) is 2.97. The largest absolute Gasteiger partial charge is 0.444 e. The first kappa shape index (κ1) is 22.5. The molecule has 0 radical (unpaired) electrons. The maximum absolute atomic E-state index is 14.3. The number of rotatable bonds is 6. The molecule has 0 atom stereocenters. The Kier molecular flexibility index (Phi) is 7.71. The Morgan fingerprint density at radius 2 is 1.85 bits per heavy atom.